The van der Waals surface area contributed by atoms with Crippen LogP contribution in [-0.2, 0) is 4.74 Å². The number of amides is 1. The molecule has 1 amide bonds. The van der Waals surface area contributed by atoms with Crippen LogP contribution in [0, 0.1) is 0 Å². The van der Waals surface area contributed by atoms with Crippen molar-refractivity contribution < 1.29 is 10.9 Å². The molecule has 0 aromatic rings. The topological polar surface area (TPSA) is 38.3 Å². The Kier molecular flexibility index (Phi) is 4.39. The second-order valence-corrected chi connectivity index (χ2v) is 10.6. The van der Waals surface area contributed by atoms with Crippen molar-refractivity contribution in [1.29, 1.82) is 0 Å². The van der Waals surface area contributed by atoms with Gasteiger partial charge in [-0.3, -0.25) is 0 Å². The van der Waals surface area contributed by atoms with E-state index in [9.17, 15) is 4.79 Å². The van der Waals surface area contributed by atoms with Crippen LogP contribution in [0.1, 0.15) is 22.1 Å². The van der Waals surface area contributed by atoms with Gasteiger partial charge in [0.05, 0.1) is 9.44 Å². The van der Waals surface area contributed by atoms with Crippen LogP contribution in [0.5, 0.6) is 0 Å². The predicted octanol–water partition coefficient (Wildman–Crippen LogP) is 2.94. The first kappa shape index (κ1) is 12.3. The van der Waals surface area contributed by atoms with E-state index in [4.69, 9.17) is 6.11 Å². The third kappa shape index (κ3) is 11.2. The maximum absolute atomic E-state index is 11.3. The molecule has 0 aromatic carbocycles. The third-order valence-electron chi connectivity index (χ3n) is 1.27. The minimum absolute atomic E-state index is 0.235. The van der Waals surface area contributed by atoms with Crippen LogP contribution >= 0.6 is 0 Å². The molecule has 0 aliphatic carbocycles. The van der Waals surface area contributed by atoms with Gasteiger partial charge in [-0.2, -0.15) is 0 Å². The molecule has 0 aliphatic rings. The van der Waals surface area contributed by atoms with Crippen LogP contribution in [0.25, 0.3) is 0 Å². The van der Waals surface area contributed by atoms with Gasteiger partial charge in [-0.25, -0.2) is 4.79 Å². The van der Waals surface area contributed by atoms with Crippen LogP contribution < -0.4 is 5.32 Å². The van der Waals surface area contributed by atoms with Gasteiger partial charge in [0.25, 0.3) is 0 Å². The monoisotopic (exact) mass is 230 g/mol. The molecule has 88 valence electrons. The first-order valence-electron chi connectivity index (χ1n) is 5.65. The maximum Gasteiger partial charge on any atom is 0.407 e. The van der Waals surface area contributed by atoms with Gasteiger partial charge in [0.2, 0.25) is 0 Å². The Morgan fingerprint density at radius 3 is 2.40 bits per heavy atom. The van der Waals surface area contributed by atoms with Gasteiger partial charge < -0.3 is 10.1 Å². The third-order valence-corrected chi connectivity index (χ3v) is 2.34. The molecule has 0 saturated carbocycles. The molecule has 4 heteroatoms. The zero-order valence-corrected chi connectivity index (χ0v) is 11.6. The van der Waals surface area contributed by atoms with Crippen molar-refractivity contribution in [2.45, 2.75) is 46.0 Å². The van der Waals surface area contributed by atoms with Crippen molar-refractivity contribution in [3.63, 3.8) is 0 Å². The van der Waals surface area contributed by atoms with Crippen molar-refractivity contribution in [2.75, 3.05) is 6.54 Å². The Morgan fingerprint density at radius 1 is 1.47 bits per heavy atom. The molecule has 3 nitrogen and oxygen atoms in total. The summed E-state index contributed by atoms with van der Waals surface area (Å²) in [6.07, 6.45) is -0.471. The summed E-state index contributed by atoms with van der Waals surface area (Å²) >= 11 is 0. The molecule has 0 heterocycles. The van der Waals surface area contributed by atoms with Crippen LogP contribution in [0.2, 0.25) is 19.6 Å². The Bertz CT molecular complexity index is 277. The van der Waals surface area contributed by atoms with E-state index < -0.39 is 19.8 Å². The zero-order valence-electron chi connectivity index (χ0n) is 11.6. The highest BCUT2D eigenvalue weighted by Crippen LogP contribution is 2.06. The number of nitrogens with one attached hydrogen (secondary N) is 1. The minimum Gasteiger partial charge on any atom is -0.444 e. The van der Waals surface area contributed by atoms with Gasteiger partial charge in [-0.15, -0.1) is 0 Å². The highest BCUT2D eigenvalue weighted by atomic mass is 28.3. The normalized spacial score (nSPS) is 14.5. The Morgan fingerprint density at radius 2 is 2.00 bits per heavy atom. The number of rotatable bonds is 3. The van der Waals surface area contributed by atoms with Crippen molar-refractivity contribution in [2.24, 2.45) is 0 Å². The molecule has 1 N–H and O–H groups in total. The summed E-state index contributed by atoms with van der Waals surface area (Å²) in [7, 11) is -1.38. The Labute approximate surface area is 95.3 Å². The summed E-state index contributed by atoms with van der Waals surface area (Å²) in [6, 6.07) is 0.449. The Hall–Kier alpha value is -0.773. The van der Waals surface area contributed by atoms with Gasteiger partial charge in [0.15, 0.2) is 0 Å². The van der Waals surface area contributed by atoms with E-state index in [1.165, 1.54) is 0 Å². The smallest absolute Gasteiger partial charge is 0.407 e. The lowest BCUT2D eigenvalue weighted by atomic mass is 10.2. The number of hydrogen-bond acceptors (Lipinski definition) is 2. The molecule has 0 bridgehead atoms. The lowest BCUT2D eigenvalue weighted by Gasteiger charge is -2.19. The van der Waals surface area contributed by atoms with Gasteiger partial charge >= 0.3 is 6.09 Å². The van der Waals surface area contributed by atoms with E-state index in [2.05, 4.69) is 25.0 Å². The molecule has 0 atom stereocenters. The highest BCUT2D eigenvalue weighted by molar-refractivity contribution is 6.80. The van der Waals surface area contributed by atoms with E-state index in [0.717, 1.165) is 0 Å². The van der Waals surface area contributed by atoms with Crippen molar-refractivity contribution in [1.82, 2.24) is 5.32 Å². The molecule has 0 spiro atoms. The first-order valence-corrected chi connectivity index (χ1v) is 8.72. The second kappa shape index (κ2) is 5.35. The van der Waals surface area contributed by atoms with Gasteiger partial charge in [0, 0.05) is 6.54 Å². The second-order valence-electron chi connectivity index (χ2n) is 5.57. The lowest BCUT2D eigenvalue weighted by Crippen LogP contribution is -2.32. The fraction of sp³-hybridized carbons (Fsp3) is 0.727. The first-order chi connectivity index (χ1) is 6.99. The molecular formula is C11H23NO2Si. The SMILES string of the molecule is [2H]/C(=C\[Si](C)(C)C)CNC(=O)OC(C)(C)C. The summed E-state index contributed by atoms with van der Waals surface area (Å²) in [6.45, 7) is 12.1. The molecular weight excluding hydrogens is 206 g/mol. The number of carbonyl (C=O) groups is 1. The van der Waals surface area contributed by atoms with Gasteiger partial charge in [0.1, 0.15) is 5.60 Å². The summed E-state index contributed by atoms with van der Waals surface area (Å²) in [5, 5.41) is 2.57. The molecule has 0 radical (unpaired) electrons. The molecule has 0 unspecified atom stereocenters. The van der Waals surface area contributed by atoms with Crippen molar-refractivity contribution in [3.8, 4) is 0 Å². The Balaban J connectivity index is 4.08. The van der Waals surface area contributed by atoms with E-state index in [1.807, 2.05) is 26.5 Å². The molecule has 15 heavy (non-hydrogen) atoms. The van der Waals surface area contributed by atoms with Crippen LogP contribution in [0.3, 0.4) is 0 Å². The molecule has 0 aliphatic heterocycles. The number of hydrogen-bond donors (Lipinski definition) is 1. The highest BCUT2D eigenvalue weighted by Gasteiger charge is 2.15. The minimum atomic E-state index is -1.38. The average Bonchev–Trinajstić information content (AvgIpc) is 1.94. The van der Waals surface area contributed by atoms with Crippen molar-refractivity contribution in [3.05, 3.63) is 11.8 Å². The van der Waals surface area contributed by atoms with Gasteiger partial charge in [-0.05, 0) is 20.8 Å². The number of alkyl carbamates (subject to hydrolysis) is 1. The van der Waals surface area contributed by atoms with E-state index >= 15 is 0 Å². The van der Waals surface area contributed by atoms with Crippen molar-refractivity contribution >= 4 is 14.2 Å². The van der Waals surface area contributed by atoms with Crippen LogP contribution in [0.15, 0.2) is 11.8 Å². The molecule has 0 rings (SSSR count). The summed E-state index contributed by atoms with van der Waals surface area (Å²) in [5.41, 5.74) is 1.46. The molecule has 0 aromatic heterocycles. The lowest BCUT2D eigenvalue weighted by molar-refractivity contribution is 0.0534. The van der Waals surface area contributed by atoms with Crippen LogP contribution in [0.4, 0.5) is 4.79 Å². The van der Waals surface area contributed by atoms with E-state index in [-0.39, 0.29) is 6.54 Å². The van der Waals surface area contributed by atoms with E-state index in [1.54, 1.807) is 0 Å². The molecule has 0 fully saturated rings. The number of ether oxygens (including phenoxy) is 1. The summed E-state index contributed by atoms with van der Waals surface area (Å²) in [4.78, 5) is 11.3. The number of carbonyl (C=O) groups excluding carboxylic acids is 1. The largest absolute Gasteiger partial charge is 0.444 e. The quantitative estimate of drug-likeness (QED) is 0.757. The summed E-state index contributed by atoms with van der Waals surface area (Å²) in [5.74, 6) is 0. The fourth-order valence-electron chi connectivity index (χ4n) is 0.795. The van der Waals surface area contributed by atoms with E-state index in [0.29, 0.717) is 6.05 Å². The zero-order chi connectivity index (χ0) is 13.0. The standard InChI is InChI=1S/C11H23NO2Si/c1-11(2,3)14-10(13)12-8-7-9-15(4,5)6/h7,9H,8H2,1-6H3,(H,12,13)/b9-7+/i7D. The average molecular weight is 230 g/mol. The predicted molar refractivity (Wildman–Crippen MR) is 66.7 cm³/mol. The molecule has 0 saturated heterocycles. The van der Waals surface area contributed by atoms with Crippen LogP contribution in [-0.4, -0.2) is 26.3 Å². The van der Waals surface area contributed by atoms with Gasteiger partial charge in [-0.1, -0.05) is 31.4 Å². The maximum atomic E-state index is 11.3. The fourth-order valence-corrected chi connectivity index (χ4v) is 1.51. The summed E-state index contributed by atoms with van der Waals surface area (Å²) < 4.78 is 12.7.